The van der Waals surface area contributed by atoms with Gasteiger partial charge in [-0.15, -0.1) is 0 Å². The van der Waals surface area contributed by atoms with Crippen molar-refractivity contribution in [3.05, 3.63) is 76.9 Å². The summed E-state index contributed by atoms with van der Waals surface area (Å²) >= 11 is 0. The van der Waals surface area contributed by atoms with E-state index in [9.17, 15) is 0 Å². The van der Waals surface area contributed by atoms with Gasteiger partial charge >= 0.3 is 0 Å². The summed E-state index contributed by atoms with van der Waals surface area (Å²) < 4.78 is 0. The van der Waals surface area contributed by atoms with Gasteiger partial charge in [-0.05, 0) is 51.8 Å². The minimum absolute atomic E-state index is 0.186. The maximum atomic E-state index is 3.19. The quantitative estimate of drug-likeness (QED) is 0.538. The summed E-state index contributed by atoms with van der Waals surface area (Å²) in [6.45, 7) is 13.4. The van der Waals surface area contributed by atoms with E-state index in [1.807, 2.05) is 6.08 Å². The Morgan fingerprint density at radius 3 is 1.58 bits per heavy atom. The monoisotopic (exact) mass is 316 g/mol. The molecule has 124 valence electrons. The highest BCUT2D eigenvalue weighted by Crippen LogP contribution is 2.23. The van der Waals surface area contributed by atoms with E-state index in [0.29, 0.717) is 0 Å². The van der Waals surface area contributed by atoms with Crippen LogP contribution in [0.25, 0.3) is 6.08 Å². The molecule has 0 spiro atoms. The second kappa shape index (κ2) is 7.10. The van der Waals surface area contributed by atoms with Crippen molar-refractivity contribution in [3.63, 3.8) is 0 Å². The van der Waals surface area contributed by atoms with Crippen LogP contribution in [0.2, 0.25) is 0 Å². The van der Waals surface area contributed by atoms with Crippen molar-refractivity contribution >= 4 is 6.08 Å². The molecule has 0 bridgehead atoms. The molecule has 0 nitrogen and oxygen atoms in total. The van der Waals surface area contributed by atoms with E-state index in [-0.39, 0.29) is 10.8 Å². The fourth-order valence-electron chi connectivity index (χ4n) is 2.41. The molecule has 0 N–H and O–H groups in total. The third-order valence-corrected chi connectivity index (χ3v) is 4.10. The van der Waals surface area contributed by atoms with Crippen molar-refractivity contribution in [2.75, 3.05) is 0 Å². The van der Waals surface area contributed by atoms with Gasteiger partial charge in [-0.1, -0.05) is 89.8 Å². The molecular formula is C24H28. The Kier molecular flexibility index (Phi) is 5.35. The van der Waals surface area contributed by atoms with Gasteiger partial charge in [0.25, 0.3) is 0 Å². The molecule has 0 fully saturated rings. The molecule has 0 heterocycles. The maximum absolute atomic E-state index is 3.19. The first-order chi connectivity index (χ1) is 11.2. The van der Waals surface area contributed by atoms with Crippen LogP contribution in [-0.2, 0) is 10.8 Å². The lowest BCUT2D eigenvalue weighted by Crippen LogP contribution is -2.10. The standard InChI is InChI=1S/C24H28/c1-23(2,3)21-15-11-19(12-16-21)9-7-8-10-20-13-17-22(18-14-20)24(4,5)6/h7,9,11-18H,1-6H3/b9-7+. The fourth-order valence-corrected chi connectivity index (χ4v) is 2.41. The van der Waals surface area contributed by atoms with E-state index in [2.05, 4.69) is 108 Å². The molecule has 0 amide bonds. The van der Waals surface area contributed by atoms with Crippen LogP contribution in [0, 0.1) is 11.8 Å². The number of hydrogen-bond acceptors (Lipinski definition) is 0. The van der Waals surface area contributed by atoms with Crippen LogP contribution in [0.5, 0.6) is 0 Å². The summed E-state index contributed by atoms with van der Waals surface area (Å²) in [5.41, 5.74) is 5.30. The van der Waals surface area contributed by atoms with Gasteiger partial charge in [0.1, 0.15) is 0 Å². The Morgan fingerprint density at radius 1 is 0.667 bits per heavy atom. The van der Waals surface area contributed by atoms with Gasteiger partial charge in [-0.25, -0.2) is 0 Å². The molecule has 0 saturated heterocycles. The van der Waals surface area contributed by atoms with Crippen LogP contribution < -0.4 is 0 Å². The molecule has 0 saturated carbocycles. The molecule has 0 aliphatic carbocycles. The molecule has 2 rings (SSSR count). The second-order valence-electron chi connectivity index (χ2n) is 8.30. The smallest absolute Gasteiger partial charge is 0.0249 e. The van der Waals surface area contributed by atoms with Gasteiger partial charge < -0.3 is 0 Å². The Morgan fingerprint density at radius 2 is 1.12 bits per heavy atom. The summed E-state index contributed by atoms with van der Waals surface area (Å²) in [6.07, 6.45) is 3.98. The van der Waals surface area contributed by atoms with Crippen molar-refractivity contribution in [2.24, 2.45) is 0 Å². The van der Waals surface area contributed by atoms with Crippen LogP contribution in [0.3, 0.4) is 0 Å². The lowest BCUT2D eigenvalue weighted by molar-refractivity contribution is 0.590. The fraction of sp³-hybridized carbons (Fsp3) is 0.333. The summed E-state index contributed by atoms with van der Waals surface area (Å²) in [7, 11) is 0. The highest BCUT2D eigenvalue weighted by Gasteiger charge is 2.13. The predicted molar refractivity (Wildman–Crippen MR) is 106 cm³/mol. The Labute approximate surface area is 147 Å². The molecule has 2 aromatic rings. The van der Waals surface area contributed by atoms with Crippen molar-refractivity contribution < 1.29 is 0 Å². The Hall–Kier alpha value is -2.26. The van der Waals surface area contributed by atoms with Crippen molar-refractivity contribution in [1.82, 2.24) is 0 Å². The molecule has 0 atom stereocenters. The summed E-state index contributed by atoms with van der Waals surface area (Å²) in [6, 6.07) is 17.2. The third-order valence-electron chi connectivity index (χ3n) is 4.10. The molecule has 0 radical (unpaired) electrons. The zero-order valence-electron chi connectivity index (χ0n) is 15.8. The molecule has 0 aliphatic rings. The van der Waals surface area contributed by atoms with Crippen LogP contribution >= 0.6 is 0 Å². The first-order valence-electron chi connectivity index (χ1n) is 8.55. The summed E-state index contributed by atoms with van der Waals surface area (Å²) in [5.74, 6) is 6.32. The van der Waals surface area contributed by atoms with Crippen LogP contribution in [-0.4, -0.2) is 0 Å². The zero-order valence-corrected chi connectivity index (χ0v) is 15.8. The SMILES string of the molecule is CC(C)(C)c1ccc(C#C/C=C/c2ccc(C(C)(C)C)cc2)cc1. The highest BCUT2D eigenvalue weighted by atomic mass is 14.2. The van der Waals surface area contributed by atoms with Gasteiger partial charge in [0.15, 0.2) is 0 Å². The van der Waals surface area contributed by atoms with Crippen molar-refractivity contribution in [3.8, 4) is 11.8 Å². The Balaban J connectivity index is 2.03. The number of allylic oxidation sites excluding steroid dienone is 1. The van der Waals surface area contributed by atoms with E-state index < -0.39 is 0 Å². The summed E-state index contributed by atoms with van der Waals surface area (Å²) in [4.78, 5) is 0. The maximum Gasteiger partial charge on any atom is 0.0249 e. The van der Waals surface area contributed by atoms with E-state index in [4.69, 9.17) is 0 Å². The van der Waals surface area contributed by atoms with Gasteiger partial charge in [0.2, 0.25) is 0 Å². The van der Waals surface area contributed by atoms with Crippen molar-refractivity contribution in [2.45, 2.75) is 52.4 Å². The molecular weight excluding hydrogens is 288 g/mol. The van der Waals surface area contributed by atoms with Crippen LogP contribution in [0.15, 0.2) is 54.6 Å². The van der Waals surface area contributed by atoms with Gasteiger partial charge in [0.05, 0.1) is 0 Å². The number of rotatable bonds is 1. The number of hydrogen-bond donors (Lipinski definition) is 0. The molecule has 0 aliphatic heterocycles. The minimum atomic E-state index is 0.186. The largest absolute Gasteiger partial charge is 0.0696 e. The lowest BCUT2D eigenvalue weighted by Gasteiger charge is -2.18. The first-order valence-corrected chi connectivity index (χ1v) is 8.55. The van der Waals surface area contributed by atoms with Crippen molar-refractivity contribution in [1.29, 1.82) is 0 Å². The average molecular weight is 316 g/mol. The van der Waals surface area contributed by atoms with Gasteiger partial charge in [0, 0.05) is 5.56 Å². The van der Waals surface area contributed by atoms with E-state index in [0.717, 1.165) is 5.56 Å². The number of benzene rings is 2. The predicted octanol–water partition coefficient (Wildman–Crippen LogP) is 6.35. The lowest BCUT2D eigenvalue weighted by atomic mass is 9.86. The van der Waals surface area contributed by atoms with Crippen LogP contribution in [0.4, 0.5) is 0 Å². The summed E-state index contributed by atoms with van der Waals surface area (Å²) in [5, 5.41) is 0. The molecule has 0 unspecified atom stereocenters. The zero-order chi connectivity index (χ0) is 17.8. The van der Waals surface area contributed by atoms with Gasteiger partial charge in [-0.3, -0.25) is 0 Å². The minimum Gasteiger partial charge on any atom is -0.0696 e. The van der Waals surface area contributed by atoms with Gasteiger partial charge in [-0.2, -0.15) is 0 Å². The third kappa shape index (κ3) is 5.14. The topological polar surface area (TPSA) is 0 Å². The molecule has 2 aromatic carbocycles. The first kappa shape index (κ1) is 18.1. The molecule has 24 heavy (non-hydrogen) atoms. The second-order valence-corrected chi connectivity index (χ2v) is 8.30. The molecule has 0 heteroatoms. The average Bonchev–Trinajstić information content (AvgIpc) is 2.51. The normalized spacial score (nSPS) is 12.1. The highest BCUT2D eigenvalue weighted by molar-refractivity contribution is 5.54. The Bertz CT molecular complexity index is 747. The molecule has 0 aromatic heterocycles. The van der Waals surface area contributed by atoms with E-state index in [1.165, 1.54) is 16.7 Å². The van der Waals surface area contributed by atoms with E-state index in [1.54, 1.807) is 0 Å². The van der Waals surface area contributed by atoms with E-state index >= 15 is 0 Å². The van der Waals surface area contributed by atoms with Crippen LogP contribution in [0.1, 0.15) is 63.8 Å².